The summed E-state index contributed by atoms with van der Waals surface area (Å²) in [5.41, 5.74) is 4.88. The zero-order valence-corrected chi connectivity index (χ0v) is 15.2. The highest BCUT2D eigenvalue weighted by Gasteiger charge is 2.30. The molecule has 0 amide bonds. The van der Waals surface area contributed by atoms with Crippen molar-refractivity contribution in [3.63, 3.8) is 0 Å². The zero-order valence-electron chi connectivity index (χ0n) is 15.2. The molecule has 0 radical (unpaired) electrons. The van der Waals surface area contributed by atoms with E-state index in [1.54, 1.807) is 0 Å². The van der Waals surface area contributed by atoms with E-state index in [-0.39, 0.29) is 6.29 Å². The van der Waals surface area contributed by atoms with Crippen LogP contribution in [0.4, 0.5) is 5.69 Å². The number of hydrogen-bond donors (Lipinski definition) is 0. The van der Waals surface area contributed by atoms with Crippen molar-refractivity contribution in [3.05, 3.63) is 42.0 Å². The van der Waals surface area contributed by atoms with Crippen molar-refractivity contribution in [2.24, 2.45) is 0 Å². The van der Waals surface area contributed by atoms with Crippen molar-refractivity contribution in [2.45, 2.75) is 26.7 Å². The molecule has 1 atom stereocenters. The van der Waals surface area contributed by atoms with Crippen LogP contribution in [0.2, 0.25) is 0 Å². The summed E-state index contributed by atoms with van der Waals surface area (Å²) in [6.07, 6.45) is -0.240. The van der Waals surface area contributed by atoms with Gasteiger partial charge in [0.05, 0.1) is 5.69 Å². The summed E-state index contributed by atoms with van der Waals surface area (Å²) in [5.74, 6) is 3.36. The van der Waals surface area contributed by atoms with E-state index in [0.29, 0.717) is 6.79 Å². The molecule has 5 nitrogen and oxygen atoms in total. The second-order valence-corrected chi connectivity index (χ2v) is 7.12. The van der Waals surface area contributed by atoms with Gasteiger partial charge < -0.3 is 23.8 Å². The third-order valence-corrected chi connectivity index (χ3v) is 5.62. The fourth-order valence-corrected chi connectivity index (χ4v) is 4.42. The molecule has 0 saturated carbocycles. The lowest BCUT2D eigenvalue weighted by Crippen LogP contribution is -2.26. The monoisotopic (exact) mass is 361 g/mol. The molecule has 0 saturated heterocycles. The Morgan fingerprint density at radius 3 is 2.63 bits per heavy atom. The van der Waals surface area contributed by atoms with Crippen molar-refractivity contribution in [3.8, 4) is 34.1 Å². The molecule has 0 spiro atoms. The third kappa shape index (κ3) is 1.99. The van der Waals surface area contributed by atoms with Gasteiger partial charge in [-0.3, -0.25) is 0 Å². The standard InChI is InChI=1S/C22H19NO4/c1-3-23-10-17-14(6-7-18-22(17)25-11-24-18)15-5-4-13-8-19-20(27-12(2)26-19)9-16(13)21(15)23/h4-9,12H,3,10-11H2,1-2H3. The van der Waals surface area contributed by atoms with Gasteiger partial charge in [-0.05, 0) is 42.1 Å². The molecular weight excluding hydrogens is 342 g/mol. The first kappa shape index (κ1) is 15.0. The van der Waals surface area contributed by atoms with E-state index >= 15 is 0 Å². The van der Waals surface area contributed by atoms with Crippen LogP contribution in [-0.4, -0.2) is 19.6 Å². The van der Waals surface area contributed by atoms with Gasteiger partial charge in [-0.15, -0.1) is 0 Å². The van der Waals surface area contributed by atoms with Gasteiger partial charge in [-0.25, -0.2) is 0 Å². The van der Waals surface area contributed by atoms with E-state index in [1.165, 1.54) is 27.8 Å². The van der Waals surface area contributed by atoms with E-state index in [1.807, 2.05) is 13.0 Å². The van der Waals surface area contributed by atoms with Gasteiger partial charge in [0.2, 0.25) is 13.1 Å². The van der Waals surface area contributed by atoms with E-state index in [9.17, 15) is 0 Å². The molecule has 3 aliphatic rings. The molecule has 0 aliphatic carbocycles. The van der Waals surface area contributed by atoms with Gasteiger partial charge in [0, 0.05) is 36.5 Å². The van der Waals surface area contributed by atoms with Crippen LogP contribution in [0, 0.1) is 0 Å². The van der Waals surface area contributed by atoms with E-state index in [2.05, 4.69) is 42.2 Å². The molecule has 6 rings (SSSR count). The van der Waals surface area contributed by atoms with E-state index < -0.39 is 0 Å². The lowest BCUT2D eigenvalue weighted by Gasteiger charge is -2.33. The van der Waals surface area contributed by atoms with Crippen LogP contribution in [0.5, 0.6) is 23.0 Å². The molecule has 3 aromatic rings. The first-order valence-corrected chi connectivity index (χ1v) is 9.34. The quantitative estimate of drug-likeness (QED) is 0.629. The first-order chi connectivity index (χ1) is 13.2. The largest absolute Gasteiger partial charge is 0.454 e. The Morgan fingerprint density at radius 1 is 0.963 bits per heavy atom. The number of anilines is 1. The van der Waals surface area contributed by atoms with Gasteiger partial charge in [-0.2, -0.15) is 0 Å². The highest BCUT2D eigenvalue weighted by atomic mass is 16.7. The first-order valence-electron chi connectivity index (χ1n) is 9.34. The molecule has 3 aliphatic heterocycles. The number of fused-ring (bicyclic) bond motifs is 8. The van der Waals surface area contributed by atoms with Crippen molar-refractivity contribution in [1.82, 2.24) is 0 Å². The molecule has 1 unspecified atom stereocenters. The molecule has 5 heteroatoms. The Bertz CT molecular complexity index is 1110. The maximum Gasteiger partial charge on any atom is 0.238 e. The highest BCUT2D eigenvalue weighted by Crippen LogP contribution is 2.51. The number of rotatable bonds is 1. The molecule has 27 heavy (non-hydrogen) atoms. The number of hydrogen-bond acceptors (Lipinski definition) is 5. The molecule has 0 bridgehead atoms. The van der Waals surface area contributed by atoms with Crippen LogP contribution in [0.25, 0.3) is 21.9 Å². The normalized spacial score (nSPS) is 18.6. The van der Waals surface area contributed by atoms with Crippen molar-refractivity contribution < 1.29 is 18.9 Å². The number of nitrogens with zero attached hydrogens (tertiary/aromatic N) is 1. The number of benzene rings is 3. The average Bonchev–Trinajstić information content (AvgIpc) is 3.29. The fraction of sp³-hybridized carbons (Fsp3) is 0.273. The number of ether oxygens (including phenoxy) is 4. The van der Waals surface area contributed by atoms with Gasteiger partial charge in [0.1, 0.15) is 0 Å². The Balaban J connectivity index is 1.63. The summed E-state index contributed by atoms with van der Waals surface area (Å²) in [7, 11) is 0. The second-order valence-electron chi connectivity index (χ2n) is 7.12. The topological polar surface area (TPSA) is 40.2 Å². The lowest BCUT2D eigenvalue weighted by molar-refractivity contribution is 0.0679. The Labute approximate surface area is 157 Å². The van der Waals surface area contributed by atoms with Crippen molar-refractivity contribution >= 4 is 16.5 Å². The van der Waals surface area contributed by atoms with Gasteiger partial charge in [0.15, 0.2) is 23.0 Å². The summed E-state index contributed by atoms with van der Waals surface area (Å²) in [6, 6.07) is 12.7. The molecule has 0 N–H and O–H groups in total. The minimum atomic E-state index is -0.240. The predicted molar refractivity (Wildman–Crippen MR) is 103 cm³/mol. The molecule has 0 fully saturated rings. The van der Waals surface area contributed by atoms with E-state index in [4.69, 9.17) is 18.9 Å². The molecule has 0 aromatic heterocycles. The molecular formula is C22H19NO4. The predicted octanol–water partition coefficient (Wildman–Crippen LogP) is 4.69. The van der Waals surface area contributed by atoms with Crippen molar-refractivity contribution in [1.29, 1.82) is 0 Å². The fourth-order valence-electron chi connectivity index (χ4n) is 4.42. The molecule has 3 aromatic carbocycles. The molecule has 136 valence electrons. The summed E-state index contributed by atoms with van der Waals surface area (Å²) in [6.45, 7) is 6.10. The SMILES string of the molecule is CCN1Cc2c(ccc3c2OCO3)-c2ccc3cc4c(cc3c21)OC(C)O4. The van der Waals surface area contributed by atoms with Crippen LogP contribution in [-0.2, 0) is 6.54 Å². The van der Waals surface area contributed by atoms with Crippen LogP contribution in [0.3, 0.4) is 0 Å². The molecule has 3 heterocycles. The third-order valence-electron chi connectivity index (χ3n) is 5.62. The summed E-state index contributed by atoms with van der Waals surface area (Å²) < 4.78 is 22.9. The minimum Gasteiger partial charge on any atom is -0.454 e. The van der Waals surface area contributed by atoms with Crippen LogP contribution < -0.4 is 23.8 Å². The van der Waals surface area contributed by atoms with Gasteiger partial charge in [-0.1, -0.05) is 12.1 Å². The van der Waals surface area contributed by atoms with Crippen molar-refractivity contribution in [2.75, 3.05) is 18.2 Å². The second kappa shape index (κ2) is 5.22. The maximum atomic E-state index is 5.83. The maximum absolute atomic E-state index is 5.83. The van der Waals surface area contributed by atoms with Gasteiger partial charge in [0.25, 0.3) is 0 Å². The summed E-state index contributed by atoms with van der Waals surface area (Å²) in [4.78, 5) is 2.40. The zero-order chi connectivity index (χ0) is 18.1. The average molecular weight is 361 g/mol. The van der Waals surface area contributed by atoms with Gasteiger partial charge >= 0.3 is 0 Å². The van der Waals surface area contributed by atoms with E-state index in [0.717, 1.165) is 41.5 Å². The summed E-state index contributed by atoms with van der Waals surface area (Å²) >= 11 is 0. The smallest absolute Gasteiger partial charge is 0.238 e. The highest BCUT2D eigenvalue weighted by molar-refractivity contribution is 6.05. The summed E-state index contributed by atoms with van der Waals surface area (Å²) in [5, 5.41) is 2.35. The lowest BCUT2D eigenvalue weighted by atomic mass is 9.89. The Morgan fingerprint density at radius 2 is 1.78 bits per heavy atom. The van der Waals surface area contributed by atoms with Crippen LogP contribution in [0.1, 0.15) is 19.4 Å². The van der Waals surface area contributed by atoms with Crippen LogP contribution >= 0.6 is 0 Å². The minimum absolute atomic E-state index is 0.240. The van der Waals surface area contributed by atoms with Crippen LogP contribution in [0.15, 0.2) is 36.4 Å². The Hall–Kier alpha value is -3.08. The Kier molecular flexibility index (Phi) is 2.91.